The molecule has 0 amide bonds. The number of rotatable bonds is 3. The molecule has 12 nitrogen and oxygen atoms in total. The van der Waals surface area contributed by atoms with Gasteiger partial charge in [0.25, 0.3) is 11.5 Å². The number of imidazole rings is 1. The number of hydrogen-bond donors (Lipinski definition) is 6. The van der Waals surface area contributed by atoms with E-state index >= 15 is 0 Å². The highest BCUT2D eigenvalue weighted by Crippen LogP contribution is 2.61. The normalized spacial score (nSPS) is 33.2. The van der Waals surface area contributed by atoms with Crippen LogP contribution in [-0.2, 0) is 16.0 Å². The summed E-state index contributed by atoms with van der Waals surface area (Å²) in [7, 11) is 0. The smallest absolute Gasteiger partial charge is 0.314 e. The summed E-state index contributed by atoms with van der Waals surface area (Å²) in [5.74, 6) is 0.323. The van der Waals surface area contributed by atoms with Crippen molar-refractivity contribution in [2.75, 3.05) is 12.3 Å². The maximum absolute atomic E-state index is 13.3. The largest absolute Gasteiger partial charge is 0.504 e. The van der Waals surface area contributed by atoms with Gasteiger partial charge in [-0.3, -0.25) is 14.6 Å². The molecule has 12 heteroatoms. The molecule has 2 aromatic heterocycles. The van der Waals surface area contributed by atoms with E-state index in [9.17, 15) is 30.0 Å². The third kappa shape index (κ3) is 3.42. The average Bonchev–Trinajstić information content (AvgIpc) is 3.58. The number of ether oxygens (including phenoxy) is 1. The van der Waals surface area contributed by atoms with Gasteiger partial charge in [0, 0.05) is 35.4 Å². The summed E-state index contributed by atoms with van der Waals surface area (Å²) in [4.78, 5) is 33.2. The molecule has 3 heterocycles. The fraction of sp³-hybridized carbons (Fsp3) is 0.571. The molecule has 1 aliphatic heterocycles. The van der Waals surface area contributed by atoms with Crippen LogP contribution in [0.1, 0.15) is 68.7 Å². The van der Waals surface area contributed by atoms with E-state index in [0.29, 0.717) is 29.9 Å². The number of aromatic hydroxyl groups is 2. The summed E-state index contributed by atoms with van der Waals surface area (Å²) in [6.45, 7) is 1.74. The lowest BCUT2D eigenvalue weighted by molar-refractivity contribution is -0.739. The lowest BCUT2D eigenvalue weighted by Crippen LogP contribution is -2.42. The number of benzene rings is 1. The number of aliphatic hydroxyl groups is 2. The highest BCUT2D eigenvalue weighted by Gasteiger charge is 2.55. The lowest BCUT2D eigenvalue weighted by atomic mass is 9.55. The van der Waals surface area contributed by atoms with Gasteiger partial charge in [-0.1, -0.05) is 11.9 Å². The van der Waals surface area contributed by atoms with E-state index in [1.165, 1.54) is 6.07 Å². The molecule has 1 aromatic carbocycles. The maximum Gasteiger partial charge on any atom is 0.314 e. The van der Waals surface area contributed by atoms with E-state index in [2.05, 4.69) is 16.9 Å². The molecule has 0 radical (unpaired) electrons. The van der Waals surface area contributed by atoms with Crippen molar-refractivity contribution < 1.29 is 34.5 Å². The first kappa shape index (κ1) is 25.5. The van der Waals surface area contributed by atoms with E-state index < -0.39 is 24.0 Å². The Balaban J connectivity index is 1.44. The topological polar surface area (TPSA) is 188 Å². The van der Waals surface area contributed by atoms with Crippen LogP contribution in [0, 0.1) is 17.3 Å². The zero-order valence-electron chi connectivity index (χ0n) is 22.2. The zero-order valence-corrected chi connectivity index (χ0v) is 22.2. The van der Waals surface area contributed by atoms with Gasteiger partial charge in [0.2, 0.25) is 5.52 Å². The number of aromatic nitrogens is 4. The minimum Gasteiger partial charge on any atom is -0.504 e. The number of H-pyrrole nitrogens is 1. The van der Waals surface area contributed by atoms with Crippen LogP contribution in [0.15, 0.2) is 17.2 Å². The number of nitrogens with zero attached hydrogens (tertiary/aromatic N) is 3. The Hall–Kier alpha value is -3.48. The lowest BCUT2D eigenvalue weighted by Gasteiger charge is -2.48. The molecule has 212 valence electrons. The van der Waals surface area contributed by atoms with Crippen LogP contribution in [0.25, 0.3) is 16.9 Å². The number of phenols is 2. The monoisotopic (exact) mass is 552 g/mol. The van der Waals surface area contributed by atoms with Crippen LogP contribution in [-0.4, -0.2) is 59.6 Å². The van der Waals surface area contributed by atoms with Crippen molar-refractivity contribution in [2.45, 2.75) is 76.2 Å². The van der Waals surface area contributed by atoms with Crippen LogP contribution in [0.4, 0.5) is 5.95 Å². The summed E-state index contributed by atoms with van der Waals surface area (Å²) < 4.78 is 9.16. The Morgan fingerprint density at radius 1 is 1.25 bits per heavy atom. The van der Waals surface area contributed by atoms with Gasteiger partial charge in [-0.15, -0.1) is 0 Å². The van der Waals surface area contributed by atoms with Gasteiger partial charge < -0.3 is 30.9 Å². The van der Waals surface area contributed by atoms with Crippen LogP contribution >= 0.6 is 0 Å². The molecule has 1 saturated heterocycles. The van der Waals surface area contributed by atoms with Crippen molar-refractivity contribution in [3.63, 3.8) is 0 Å². The predicted octanol–water partition coefficient (Wildman–Crippen LogP) is 1.06. The summed E-state index contributed by atoms with van der Waals surface area (Å²) in [5, 5.41) is 41.8. The molecule has 3 fully saturated rings. The number of Topliss-reactive ketones (excluding diaryl/α,β-unsaturated/α-hetero) is 1. The number of hydrogen-bond acceptors (Lipinski definition) is 9. The third-order valence-electron chi connectivity index (χ3n) is 10.2. The second-order valence-electron chi connectivity index (χ2n) is 12.1. The number of aromatic amines is 1. The number of carbonyl (C=O) groups excluding carboxylic acids is 1. The van der Waals surface area contributed by atoms with E-state index in [0.717, 1.165) is 31.2 Å². The van der Waals surface area contributed by atoms with Gasteiger partial charge in [0.05, 0.1) is 12.7 Å². The Morgan fingerprint density at radius 2 is 2.05 bits per heavy atom. The fourth-order valence-electron chi connectivity index (χ4n) is 8.26. The number of phenolic OH excluding ortho intramolecular Hbond substituents is 2. The molecule has 4 aliphatic rings. The van der Waals surface area contributed by atoms with Crippen molar-refractivity contribution in [1.29, 1.82) is 0 Å². The van der Waals surface area contributed by atoms with Gasteiger partial charge in [0.15, 0.2) is 24.1 Å². The minimum absolute atomic E-state index is 0.0317. The number of nitrogens with two attached hydrogens (primary N) is 1. The van der Waals surface area contributed by atoms with Crippen LogP contribution < -0.4 is 15.9 Å². The number of nitrogen functional groups attached to an aromatic ring is 1. The molecule has 7 atom stereocenters. The summed E-state index contributed by atoms with van der Waals surface area (Å²) in [6, 6.07) is 1.48. The van der Waals surface area contributed by atoms with Crippen molar-refractivity contribution in [3.05, 3.63) is 33.9 Å². The number of aliphatic hydroxyl groups excluding tert-OH is 2. The SMILES string of the molecule is C[C@]12CC[C@@H]3c4c(-n5c[n+]([C@H]6C[C@H](O)[C@@H](CO)O6)c6nc(N)[nH]c(=O)c65)cc(O)c(O)c4CC[C@H]3[C@@H]1CCC2=O. The molecule has 3 aliphatic carbocycles. The highest BCUT2D eigenvalue weighted by molar-refractivity contribution is 5.87. The van der Waals surface area contributed by atoms with Crippen molar-refractivity contribution >= 4 is 22.9 Å². The molecule has 7 N–H and O–H groups in total. The maximum atomic E-state index is 13.3. The van der Waals surface area contributed by atoms with Crippen molar-refractivity contribution in [2.24, 2.45) is 17.3 Å². The van der Waals surface area contributed by atoms with E-state index in [1.54, 1.807) is 15.5 Å². The second kappa shape index (κ2) is 8.76. The zero-order chi connectivity index (χ0) is 28.1. The molecule has 7 rings (SSSR count). The molecule has 3 aromatic rings. The Bertz CT molecular complexity index is 1610. The van der Waals surface area contributed by atoms with Gasteiger partial charge in [0.1, 0.15) is 17.6 Å². The minimum atomic E-state index is -0.905. The number of anilines is 1. The number of fused-ring (bicyclic) bond motifs is 6. The van der Waals surface area contributed by atoms with E-state index in [4.69, 9.17) is 10.5 Å². The predicted molar refractivity (Wildman–Crippen MR) is 141 cm³/mol. The Kier molecular flexibility index (Phi) is 5.58. The van der Waals surface area contributed by atoms with E-state index in [1.807, 2.05) is 0 Å². The number of carbonyl (C=O) groups is 1. The fourth-order valence-corrected chi connectivity index (χ4v) is 8.26. The second-order valence-corrected chi connectivity index (χ2v) is 12.1. The molecule has 2 saturated carbocycles. The number of nitrogens with one attached hydrogen (secondary N) is 1. The average molecular weight is 553 g/mol. The van der Waals surface area contributed by atoms with E-state index in [-0.39, 0.29) is 64.8 Å². The Morgan fingerprint density at radius 3 is 2.80 bits per heavy atom. The van der Waals surface area contributed by atoms with Crippen LogP contribution in [0.2, 0.25) is 0 Å². The van der Waals surface area contributed by atoms with Crippen molar-refractivity contribution in [3.8, 4) is 17.2 Å². The molecule has 40 heavy (non-hydrogen) atoms. The van der Waals surface area contributed by atoms with Crippen molar-refractivity contribution in [1.82, 2.24) is 14.5 Å². The third-order valence-corrected chi connectivity index (χ3v) is 10.2. The molecule has 0 spiro atoms. The first-order valence-corrected chi connectivity index (χ1v) is 14.0. The first-order chi connectivity index (χ1) is 19.1. The summed E-state index contributed by atoms with van der Waals surface area (Å²) >= 11 is 0. The van der Waals surface area contributed by atoms with Gasteiger partial charge in [-0.2, -0.15) is 0 Å². The highest BCUT2D eigenvalue weighted by atomic mass is 16.5. The first-order valence-electron chi connectivity index (χ1n) is 14.0. The summed E-state index contributed by atoms with van der Waals surface area (Å²) in [5.41, 5.74) is 7.56. The van der Waals surface area contributed by atoms with Crippen LogP contribution in [0.5, 0.6) is 11.5 Å². The summed E-state index contributed by atoms with van der Waals surface area (Å²) in [6.07, 6.45) is 3.70. The Labute approximate surface area is 229 Å². The quantitative estimate of drug-likeness (QED) is 0.204. The number of ketones is 1. The van der Waals surface area contributed by atoms with Gasteiger partial charge in [-0.05, 0) is 49.9 Å². The molecule has 0 unspecified atom stereocenters. The van der Waals surface area contributed by atoms with Gasteiger partial charge >= 0.3 is 5.65 Å². The molecular formula is C28H34N5O7+. The molecule has 0 bridgehead atoms. The van der Waals surface area contributed by atoms with Gasteiger partial charge in [-0.25, -0.2) is 9.13 Å². The van der Waals surface area contributed by atoms with Crippen LogP contribution in [0.3, 0.4) is 0 Å². The molecular weight excluding hydrogens is 518 g/mol. The standard InChI is InChI=1S/C28H33N5O7/c1-28-7-6-13-12(15(28)4-5-20(28)37)2-3-14-22(13)16(8-18(36)24(14)38)32-11-33(21-9-17(35)19(10-34)40-21)25-23(32)26(39)31-27(29)30-25/h8,11-13,15,17,19,21,34-35H,2-7,9-10H2,1H3,(H4-,29,30,31,36,38,39)/p+1/t12-,13+,15+,17+,19-,21-,28+/m1/s1.